The molecule has 1 aromatic heterocycles. The summed E-state index contributed by atoms with van der Waals surface area (Å²) in [5.74, 6) is 0.988. The Morgan fingerprint density at radius 3 is 2.58 bits per heavy atom. The summed E-state index contributed by atoms with van der Waals surface area (Å²) >= 11 is 0. The minimum absolute atomic E-state index is 0.00952. The van der Waals surface area contributed by atoms with Crippen LogP contribution in [-0.2, 0) is 4.79 Å². The monoisotopic (exact) mass is 447 g/mol. The van der Waals surface area contributed by atoms with E-state index < -0.39 is 0 Å². The third kappa shape index (κ3) is 5.27. The lowest BCUT2D eigenvalue weighted by atomic mass is 9.84. The summed E-state index contributed by atoms with van der Waals surface area (Å²) in [6, 6.07) is 13.5. The van der Waals surface area contributed by atoms with Crippen LogP contribution >= 0.6 is 0 Å². The number of oxazole rings is 1. The molecule has 6 heteroatoms. The van der Waals surface area contributed by atoms with Crippen molar-refractivity contribution in [2.24, 2.45) is 11.8 Å². The Balaban J connectivity index is 1.39. The zero-order valence-electron chi connectivity index (χ0n) is 19.8. The van der Waals surface area contributed by atoms with Gasteiger partial charge < -0.3 is 14.6 Å². The van der Waals surface area contributed by atoms with E-state index in [-0.39, 0.29) is 17.7 Å². The van der Waals surface area contributed by atoms with Crippen molar-refractivity contribution in [2.45, 2.75) is 46.5 Å². The summed E-state index contributed by atoms with van der Waals surface area (Å²) in [7, 11) is 0. The molecule has 2 amide bonds. The standard InChI is InChI=1S/C27H33N3O3/c1-4-5-14-28-25(31)19(3)20-12-15-30(16-13-20)27(32)22-10-11-24-23(17-22)29-26(33-24)21-8-6-18(2)7-9-21/h6-11,17,19-20H,4-5,12-16H2,1-3H3,(H,28,31)/t19-/m1/s1. The van der Waals surface area contributed by atoms with Crippen LogP contribution in [0, 0.1) is 18.8 Å². The molecule has 0 spiro atoms. The average molecular weight is 448 g/mol. The van der Waals surface area contributed by atoms with E-state index in [1.54, 1.807) is 0 Å². The van der Waals surface area contributed by atoms with Crippen LogP contribution in [-0.4, -0.2) is 41.3 Å². The highest BCUT2D eigenvalue weighted by molar-refractivity contribution is 5.97. The summed E-state index contributed by atoms with van der Waals surface area (Å²) in [6.07, 6.45) is 3.77. The van der Waals surface area contributed by atoms with Gasteiger partial charge in [0.1, 0.15) is 5.52 Å². The van der Waals surface area contributed by atoms with Crippen LogP contribution in [0.2, 0.25) is 0 Å². The van der Waals surface area contributed by atoms with Crippen LogP contribution in [0.4, 0.5) is 0 Å². The van der Waals surface area contributed by atoms with E-state index in [0.717, 1.165) is 37.8 Å². The van der Waals surface area contributed by atoms with Crippen molar-refractivity contribution in [3.8, 4) is 11.5 Å². The van der Waals surface area contributed by atoms with Crippen LogP contribution in [0.1, 0.15) is 55.5 Å². The lowest BCUT2D eigenvalue weighted by molar-refractivity contribution is -0.126. The zero-order chi connectivity index (χ0) is 23.4. The second kappa shape index (κ2) is 10.2. The normalized spacial score (nSPS) is 15.5. The lowest BCUT2D eigenvalue weighted by Gasteiger charge is -2.34. The topological polar surface area (TPSA) is 75.4 Å². The van der Waals surface area contributed by atoms with Gasteiger partial charge in [-0.25, -0.2) is 4.98 Å². The molecule has 1 N–H and O–H groups in total. The Morgan fingerprint density at radius 1 is 1.15 bits per heavy atom. The minimum atomic E-state index is -0.0224. The van der Waals surface area contributed by atoms with Gasteiger partial charge in [-0.1, -0.05) is 38.0 Å². The number of fused-ring (bicyclic) bond motifs is 1. The number of unbranched alkanes of at least 4 members (excludes halogenated alkanes) is 1. The van der Waals surface area contributed by atoms with Gasteiger partial charge in [0.05, 0.1) is 0 Å². The average Bonchev–Trinajstić information content (AvgIpc) is 3.27. The predicted molar refractivity (Wildman–Crippen MR) is 130 cm³/mol. The van der Waals surface area contributed by atoms with Gasteiger partial charge in [-0.3, -0.25) is 9.59 Å². The van der Waals surface area contributed by atoms with Gasteiger partial charge in [0, 0.05) is 36.7 Å². The number of aryl methyl sites for hydroxylation is 1. The first-order valence-electron chi connectivity index (χ1n) is 12.0. The molecule has 174 valence electrons. The van der Waals surface area contributed by atoms with E-state index in [2.05, 4.69) is 17.2 Å². The number of carbonyl (C=O) groups is 2. The van der Waals surface area contributed by atoms with Gasteiger partial charge in [0.25, 0.3) is 5.91 Å². The Kier molecular flexibility index (Phi) is 7.11. The second-order valence-corrected chi connectivity index (χ2v) is 9.13. The summed E-state index contributed by atoms with van der Waals surface area (Å²) in [4.78, 5) is 32.0. The largest absolute Gasteiger partial charge is 0.436 e. The number of hydrogen-bond acceptors (Lipinski definition) is 4. The molecule has 4 rings (SSSR count). The molecule has 2 heterocycles. The fourth-order valence-electron chi connectivity index (χ4n) is 4.43. The highest BCUT2D eigenvalue weighted by Crippen LogP contribution is 2.28. The van der Waals surface area contributed by atoms with E-state index in [9.17, 15) is 9.59 Å². The summed E-state index contributed by atoms with van der Waals surface area (Å²) < 4.78 is 5.90. The van der Waals surface area contributed by atoms with Gasteiger partial charge in [0.15, 0.2) is 5.58 Å². The lowest BCUT2D eigenvalue weighted by Crippen LogP contribution is -2.42. The number of aromatic nitrogens is 1. The molecule has 2 aromatic carbocycles. The number of amides is 2. The van der Waals surface area contributed by atoms with Crippen molar-refractivity contribution in [3.05, 3.63) is 53.6 Å². The van der Waals surface area contributed by atoms with Crippen molar-refractivity contribution < 1.29 is 14.0 Å². The van der Waals surface area contributed by atoms with Crippen LogP contribution in [0.25, 0.3) is 22.6 Å². The van der Waals surface area contributed by atoms with Crippen LogP contribution < -0.4 is 5.32 Å². The first-order valence-corrected chi connectivity index (χ1v) is 12.0. The number of hydrogen-bond donors (Lipinski definition) is 1. The number of piperidine rings is 1. The minimum Gasteiger partial charge on any atom is -0.436 e. The van der Waals surface area contributed by atoms with E-state index >= 15 is 0 Å². The maximum absolute atomic E-state index is 13.1. The SMILES string of the molecule is CCCCNC(=O)[C@H](C)C1CCN(C(=O)c2ccc3oc(-c4ccc(C)cc4)nc3c2)CC1. The molecule has 0 radical (unpaired) electrons. The number of rotatable bonds is 7. The maximum atomic E-state index is 13.1. The van der Waals surface area contributed by atoms with Gasteiger partial charge in [-0.05, 0) is 62.4 Å². The van der Waals surface area contributed by atoms with Crippen molar-refractivity contribution in [1.29, 1.82) is 0 Å². The molecule has 0 unspecified atom stereocenters. The van der Waals surface area contributed by atoms with Crippen molar-refractivity contribution in [1.82, 2.24) is 15.2 Å². The second-order valence-electron chi connectivity index (χ2n) is 9.13. The molecule has 1 atom stereocenters. The molecule has 1 fully saturated rings. The third-order valence-corrected chi connectivity index (χ3v) is 6.71. The Morgan fingerprint density at radius 2 is 1.88 bits per heavy atom. The summed E-state index contributed by atoms with van der Waals surface area (Å²) in [6.45, 7) is 8.25. The van der Waals surface area contributed by atoms with Crippen LogP contribution in [0.3, 0.4) is 0 Å². The third-order valence-electron chi connectivity index (χ3n) is 6.71. The highest BCUT2D eigenvalue weighted by Gasteiger charge is 2.30. The predicted octanol–water partition coefficient (Wildman–Crippen LogP) is 5.21. The highest BCUT2D eigenvalue weighted by atomic mass is 16.3. The molecular weight excluding hydrogens is 414 g/mol. The number of nitrogens with zero attached hydrogens (tertiary/aromatic N) is 2. The number of likely N-dealkylation sites (tertiary alicyclic amines) is 1. The van der Waals surface area contributed by atoms with Gasteiger partial charge in [-0.2, -0.15) is 0 Å². The van der Waals surface area contributed by atoms with Crippen molar-refractivity contribution >= 4 is 22.9 Å². The first-order chi connectivity index (χ1) is 16.0. The van der Waals surface area contributed by atoms with Crippen LogP contribution in [0.15, 0.2) is 46.9 Å². The van der Waals surface area contributed by atoms with E-state index in [1.807, 2.05) is 61.2 Å². The van der Waals surface area contributed by atoms with E-state index in [1.165, 1.54) is 5.56 Å². The van der Waals surface area contributed by atoms with Gasteiger partial charge in [-0.15, -0.1) is 0 Å². The molecule has 1 aliphatic heterocycles. The van der Waals surface area contributed by atoms with E-state index in [4.69, 9.17) is 4.42 Å². The van der Waals surface area contributed by atoms with Gasteiger partial charge in [0.2, 0.25) is 11.8 Å². The fourth-order valence-corrected chi connectivity index (χ4v) is 4.43. The first kappa shape index (κ1) is 23.0. The maximum Gasteiger partial charge on any atom is 0.253 e. The molecular formula is C27H33N3O3. The van der Waals surface area contributed by atoms with E-state index in [0.29, 0.717) is 41.6 Å². The molecule has 33 heavy (non-hydrogen) atoms. The smallest absolute Gasteiger partial charge is 0.253 e. The van der Waals surface area contributed by atoms with Crippen molar-refractivity contribution in [2.75, 3.05) is 19.6 Å². The molecule has 3 aromatic rings. The van der Waals surface area contributed by atoms with Crippen LogP contribution in [0.5, 0.6) is 0 Å². The van der Waals surface area contributed by atoms with Gasteiger partial charge >= 0.3 is 0 Å². The molecule has 6 nitrogen and oxygen atoms in total. The summed E-state index contributed by atoms with van der Waals surface area (Å²) in [5.41, 5.74) is 4.07. The molecule has 0 bridgehead atoms. The fraction of sp³-hybridized carbons (Fsp3) is 0.444. The summed E-state index contributed by atoms with van der Waals surface area (Å²) in [5, 5.41) is 3.04. The number of carbonyl (C=O) groups excluding carboxylic acids is 2. The molecule has 0 saturated carbocycles. The molecule has 0 aliphatic carbocycles. The number of benzene rings is 2. The molecule has 1 saturated heterocycles. The Bertz CT molecular complexity index is 1110. The quantitative estimate of drug-likeness (QED) is 0.505. The zero-order valence-corrected chi connectivity index (χ0v) is 19.8. The molecule has 1 aliphatic rings. The Hall–Kier alpha value is -3.15. The van der Waals surface area contributed by atoms with Crippen molar-refractivity contribution in [3.63, 3.8) is 0 Å². The number of nitrogens with one attached hydrogen (secondary N) is 1. The Labute approximate surface area is 195 Å².